The highest BCUT2D eigenvalue weighted by Gasteiger charge is 2.52. The number of aromatic nitrogens is 1. The first kappa shape index (κ1) is 42.1. The van der Waals surface area contributed by atoms with Crippen molar-refractivity contribution in [1.82, 2.24) is 14.8 Å². The van der Waals surface area contributed by atoms with Crippen molar-refractivity contribution >= 4 is 40.7 Å². The maximum absolute atomic E-state index is 12.2. The van der Waals surface area contributed by atoms with Gasteiger partial charge in [0.05, 0.1) is 17.2 Å². The van der Waals surface area contributed by atoms with Gasteiger partial charge >= 0.3 is 11.9 Å². The number of nitriles is 1. The van der Waals surface area contributed by atoms with E-state index in [1.807, 2.05) is 65.3 Å². The highest BCUT2D eigenvalue weighted by Crippen LogP contribution is 2.48. The van der Waals surface area contributed by atoms with Crippen molar-refractivity contribution < 1.29 is 39.1 Å². The van der Waals surface area contributed by atoms with Gasteiger partial charge in [0.15, 0.2) is 0 Å². The Kier molecular flexibility index (Phi) is 13.6. The lowest BCUT2D eigenvalue weighted by Crippen LogP contribution is -2.55. The summed E-state index contributed by atoms with van der Waals surface area (Å²) in [5.41, 5.74) is 1.14. The number of hydrogen-bond donors (Lipinski definition) is 3. The van der Waals surface area contributed by atoms with Crippen LogP contribution in [0.4, 0.5) is 0 Å². The minimum absolute atomic E-state index is 0.0517. The standard InChI is InChI=1S/C43H48Cl2N4O8/c1-41(45)34(32-9-3-2-4-10-32)11-7-13-43(41,57-18-8-15-48-17-14-42(27-48,28-50)40(53)54)29-56-38-21-37(55-26-31-19-30(22-46)23-47-24-31)33(20-35(38)44)25-49-16-6-5-12-36(49)39(51)52/h2-4,7,9-11,13,19-21,23-24,36,50H,5-6,8,12,14-18,25-29H2,1H3,(H,51,52)(H,53,54)/t36-,41?,42?,43?/m0/s1. The Bertz CT molecular complexity index is 2020. The SMILES string of the molecule is CC1(Cl)C(c2ccccc2)=CC=CC1(COc1cc(OCc2cncc(C#N)c2)c(CN2CCCC[C@H]2C(=O)O)cc1Cl)OCCCN1CCC(CO)(C(=O)O)C1. The van der Waals surface area contributed by atoms with E-state index in [4.69, 9.17) is 37.4 Å². The van der Waals surface area contributed by atoms with Crippen LogP contribution in [0, 0.1) is 16.7 Å². The Hall–Kier alpha value is -4.48. The van der Waals surface area contributed by atoms with Crippen molar-refractivity contribution in [1.29, 1.82) is 5.26 Å². The molecule has 14 heteroatoms. The Morgan fingerprint density at radius 2 is 1.88 bits per heavy atom. The summed E-state index contributed by atoms with van der Waals surface area (Å²) in [6.07, 6.45) is 12.0. The summed E-state index contributed by atoms with van der Waals surface area (Å²) in [5, 5.41) is 39.2. The molecule has 0 amide bonds. The molecule has 0 radical (unpaired) electrons. The number of allylic oxidation sites excluding steroid dienone is 2. The van der Waals surface area contributed by atoms with Gasteiger partial charge in [-0.3, -0.25) is 19.5 Å². The lowest BCUT2D eigenvalue weighted by atomic mass is 9.76. The molecule has 6 rings (SSSR count). The predicted molar refractivity (Wildman–Crippen MR) is 215 cm³/mol. The van der Waals surface area contributed by atoms with Crippen LogP contribution in [0.25, 0.3) is 5.57 Å². The van der Waals surface area contributed by atoms with Crippen LogP contribution in [-0.4, -0.2) is 105 Å². The number of aliphatic hydroxyl groups excluding tert-OH is 1. The van der Waals surface area contributed by atoms with Crippen molar-refractivity contribution in [2.24, 2.45) is 5.41 Å². The summed E-state index contributed by atoms with van der Waals surface area (Å²) in [7, 11) is 0. The fraction of sp³-hybridized carbons (Fsp3) is 0.442. The topological polar surface area (TPSA) is 166 Å². The number of ether oxygens (including phenoxy) is 3. The number of likely N-dealkylation sites (tertiary alicyclic amines) is 2. The smallest absolute Gasteiger partial charge is 0.320 e. The van der Waals surface area contributed by atoms with Crippen LogP contribution >= 0.6 is 23.2 Å². The summed E-state index contributed by atoms with van der Waals surface area (Å²) in [6, 6.07) is 16.4. The largest absolute Gasteiger partial charge is 0.488 e. The van der Waals surface area contributed by atoms with Crippen LogP contribution in [0.15, 0.2) is 79.2 Å². The van der Waals surface area contributed by atoms with Crippen LogP contribution in [0.2, 0.25) is 5.02 Å². The lowest BCUT2D eigenvalue weighted by Gasteiger charge is -2.45. The first-order valence-corrected chi connectivity index (χ1v) is 19.9. The average Bonchev–Trinajstić information content (AvgIpc) is 3.65. The lowest BCUT2D eigenvalue weighted by molar-refractivity contribution is -0.150. The zero-order valence-corrected chi connectivity index (χ0v) is 33.4. The third kappa shape index (κ3) is 9.47. The first-order chi connectivity index (χ1) is 27.4. The Morgan fingerprint density at radius 1 is 1.07 bits per heavy atom. The molecule has 3 unspecified atom stereocenters. The van der Waals surface area contributed by atoms with Gasteiger partial charge in [-0.2, -0.15) is 5.26 Å². The molecule has 0 bridgehead atoms. The van der Waals surface area contributed by atoms with Crippen molar-refractivity contribution in [3.05, 3.63) is 106 Å². The van der Waals surface area contributed by atoms with Crippen LogP contribution in [0.5, 0.6) is 11.5 Å². The molecule has 0 spiro atoms. The molecule has 3 N–H and O–H groups in total. The van der Waals surface area contributed by atoms with Gasteiger partial charge in [0.25, 0.3) is 0 Å². The number of piperidine rings is 1. The maximum atomic E-state index is 12.2. The molecule has 0 saturated carbocycles. The quantitative estimate of drug-likeness (QED) is 0.0993. The summed E-state index contributed by atoms with van der Waals surface area (Å²) in [6.45, 7) is 4.06. The van der Waals surface area contributed by atoms with Gasteiger partial charge in [0, 0.05) is 55.8 Å². The predicted octanol–water partition coefficient (Wildman–Crippen LogP) is 6.57. The summed E-state index contributed by atoms with van der Waals surface area (Å²) < 4.78 is 19.7. The van der Waals surface area contributed by atoms with E-state index in [2.05, 4.69) is 11.1 Å². The molecule has 1 aliphatic carbocycles. The number of halogens is 2. The molecule has 2 fully saturated rings. The van der Waals surface area contributed by atoms with Crippen LogP contribution in [0.1, 0.15) is 61.3 Å². The summed E-state index contributed by atoms with van der Waals surface area (Å²) in [5.74, 6) is -1.13. The highest BCUT2D eigenvalue weighted by atomic mass is 35.5. The fourth-order valence-electron chi connectivity index (χ4n) is 7.89. The molecule has 3 aliphatic rings. The number of hydrogen-bond acceptors (Lipinski definition) is 10. The minimum atomic E-state index is -1.20. The normalized spacial score (nSPS) is 25.1. The van der Waals surface area contributed by atoms with E-state index in [1.165, 1.54) is 6.20 Å². The molecule has 12 nitrogen and oxygen atoms in total. The van der Waals surface area contributed by atoms with Crippen LogP contribution in [0.3, 0.4) is 0 Å². The van der Waals surface area contributed by atoms with E-state index in [1.54, 1.807) is 24.4 Å². The molecule has 4 atom stereocenters. The Balaban J connectivity index is 1.26. The van der Waals surface area contributed by atoms with Crippen LogP contribution < -0.4 is 9.47 Å². The number of carbonyl (C=O) groups is 2. The second-order valence-electron chi connectivity index (χ2n) is 15.2. The second-order valence-corrected chi connectivity index (χ2v) is 16.3. The number of pyridine rings is 1. The first-order valence-electron chi connectivity index (χ1n) is 19.1. The van der Waals surface area contributed by atoms with Gasteiger partial charge in [-0.25, -0.2) is 0 Å². The highest BCUT2D eigenvalue weighted by molar-refractivity contribution is 6.32. The average molecular weight is 820 g/mol. The molecule has 3 aromatic rings. The molecule has 1 aromatic heterocycles. The van der Waals surface area contributed by atoms with E-state index in [0.29, 0.717) is 72.1 Å². The molecule has 2 aromatic carbocycles. The number of rotatable bonds is 17. The number of aliphatic hydroxyl groups is 1. The molecular formula is C43H48Cl2N4O8. The molecule has 57 heavy (non-hydrogen) atoms. The van der Waals surface area contributed by atoms with E-state index < -0.39 is 40.5 Å². The monoisotopic (exact) mass is 818 g/mol. The van der Waals surface area contributed by atoms with Crippen molar-refractivity contribution in [3.8, 4) is 17.6 Å². The van der Waals surface area contributed by atoms with Gasteiger partial charge in [-0.1, -0.05) is 60.5 Å². The number of nitrogens with zero attached hydrogens (tertiary/aromatic N) is 4. The maximum Gasteiger partial charge on any atom is 0.320 e. The number of carboxylic acid groups (broad SMARTS) is 2. The third-order valence-corrected chi connectivity index (χ3v) is 12.1. The molecule has 2 aliphatic heterocycles. The second kappa shape index (κ2) is 18.4. The van der Waals surface area contributed by atoms with E-state index in [-0.39, 0.29) is 32.9 Å². The van der Waals surface area contributed by atoms with E-state index in [9.17, 15) is 30.2 Å². The van der Waals surface area contributed by atoms with Crippen molar-refractivity contribution in [2.75, 3.05) is 46.0 Å². The van der Waals surface area contributed by atoms with Gasteiger partial charge in [0.1, 0.15) is 52.7 Å². The Morgan fingerprint density at radius 3 is 2.60 bits per heavy atom. The Labute approximate surface area is 342 Å². The van der Waals surface area contributed by atoms with Gasteiger partial charge < -0.3 is 34.4 Å². The number of carboxylic acids is 2. The van der Waals surface area contributed by atoms with E-state index >= 15 is 0 Å². The van der Waals surface area contributed by atoms with E-state index in [0.717, 1.165) is 24.0 Å². The minimum Gasteiger partial charge on any atom is -0.488 e. The van der Waals surface area contributed by atoms with Crippen LogP contribution in [-0.2, 0) is 27.5 Å². The van der Waals surface area contributed by atoms with Gasteiger partial charge in [0.2, 0.25) is 0 Å². The fourth-order valence-corrected chi connectivity index (χ4v) is 8.48. The summed E-state index contributed by atoms with van der Waals surface area (Å²) in [4.78, 5) is 31.0. The third-order valence-electron chi connectivity index (χ3n) is 11.3. The van der Waals surface area contributed by atoms with Gasteiger partial charge in [-0.05, 0) is 75.0 Å². The zero-order valence-electron chi connectivity index (χ0n) is 31.9. The van der Waals surface area contributed by atoms with Gasteiger partial charge in [-0.15, -0.1) is 11.6 Å². The molecular weight excluding hydrogens is 771 g/mol. The molecule has 3 heterocycles. The van der Waals surface area contributed by atoms with Crippen molar-refractivity contribution in [2.45, 2.75) is 68.7 Å². The number of aliphatic carboxylic acids is 2. The summed E-state index contributed by atoms with van der Waals surface area (Å²) >= 11 is 14.5. The van der Waals surface area contributed by atoms with Crippen molar-refractivity contribution in [3.63, 3.8) is 0 Å². The number of benzene rings is 2. The zero-order chi connectivity index (χ0) is 40.6. The number of alkyl halides is 1. The molecule has 2 saturated heterocycles. The molecule has 302 valence electrons.